The van der Waals surface area contributed by atoms with Crippen LogP contribution in [0, 0.1) is 10.1 Å². The quantitative estimate of drug-likeness (QED) is 0.0734. The van der Waals surface area contributed by atoms with E-state index in [9.17, 15) is 24.5 Å². The molecule has 1 aromatic carbocycles. The number of nitro benzene ring substituents is 1. The minimum Gasteiger partial charge on any atom is -0.493 e. The molecule has 1 heterocycles. The zero-order valence-corrected chi connectivity index (χ0v) is 26.9. The molecule has 0 aromatic heterocycles. The van der Waals surface area contributed by atoms with Crippen LogP contribution in [0.1, 0.15) is 37.9 Å². The molecule has 13 nitrogen and oxygen atoms in total. The number of carbonyl (C=O) groups is 3. The van der Waals surface area contributed by atoms with Gasteiger partial charge in [-0.2, -0.15) is 0 Å². The van der Waals surface area contributed by atoms with Crippen molar-refractivity contribution >= 4 is 49.6 Å². The van der Waals surface area contributed by atoms with Crippen LogP contribution in [-0.2, 0) is 27.4 Å². The molecule has 1 aliphatic rings. The van der Waals surface area contributed by atoms with Gasteiger partial charge in [0.15, 0.2) is 28.9 Å². The standard InChI is InChI=1S/C23H38N2O11Si3/c1-16(33-23(28)34-24-21(26)10-11-22(24)27)17-14-19(31-2)20(15-18(17)25(29)30)32-12-9-13-38(5,6)36-39(7,8)35-37(3)4/h14-16,37H,9-13H2,1-8H3. The molecule has 1 aromatic rings. The van der Waals surface area contributed by atoms with Crippen molar-refractivity contribution in [3.05, 3.63) is 27.8 Å². The molecule has 1 saturated heterocycles. The van der Waals surface area contributed by atoms with Crippen molar-refractivity contribution in [1.29, 1.82) is 0 Å². The van der Waals surface area contributed by atoms with Crippen molar-refractivity contribution in [3.63, 3.8) is 0 Å². The van der Waals surface area contributed by atoms with Crippen LogP contribution < -0.4 is 9.47 Å². The summed E-state index contributed by atoms with van der Waals surface area (Å²) in [7, 11) is -4.05. The van der Waals surface area contributed by atoms with Gasteiger partial charge in [0.05, 0.1) is 30.3 Å². The van der Waals surface area contributed by atoms with E-state index >= 15 is 0 Å². The second-order valence-electron chi connectivity index (χ2n) is 10.4. The highest BCUT2D eigenvalue weighted by Gasteiger charge is 2.36. The molecule has 0 saturated carbocycles. The van der Waals surface area contributed by atoms with Crippen molar-refractivity contribution < 1.29 is 46.6 Å². The fourth-order valence-electron chi connectivity index (χ4n) is 4.27. The van der Waals surface area contributed by atoms with E-state index in [1.54, 1.807) is 0 Å². The number of rotatable bonds is 14. The molecule has 1 atom stereocenters. The Bertz CT molecular complexity index is 1070. The number of hydrogen-bond donors (Lipinski definition) is 0. The van der Waals surface area contributed by atoms with E-state index in [2.05, 4.69) is 44.1 Å². The topological polar surface area (TPSA) is 153 Å². The molecule has 0 radical (unpaired) electrons. The van der Waals surface area contributed by atoms with Gasteiger partial charge in [-0.25, -0.2) is 4.79 Å². The first-order valence-electron chi connectivity index (χ1n) is 12.7. The highest BCUT2D eigenvalue weighted by molar-refractivity contribution is 6.84. The summed E-state index contributed by atoms with van der Waals surface area (Å²) in [4.78, 5) is 51.3. The van der Waals surface area contributed by atoms with Gasteiger partial charge in [0, 0.05) is 12.8 Å². The first kappa shape index (κ1) is 32.4. The number of hydrogen-bond acceptors (Lipinski definition) is 11. The number of carbonyl (C=O) groups excluding carboxylic acids is 3. The molecule has 2 rings (SSSR count). The van der Waals surface area contributed by atoms with Gasteiger partial charge in [-0.15, -0.1) is 0 Å². The van der Waals surface area contributed by atoms with E-state index in [4.69, 9.17) is 22.4 Å². The molecule has 16 heteroatoms. The monoisotopic (exact) mass is 602 g/mol. The predicted octanol–water partition coefficient (Wildman–Crippen LogP) is 4.57. The zero-order chi connectivity index (χ0) is 29.5. The Kier molecular flexibility index (Phi) is 11.2. The summed E-state index contributed by atoms with van der Waals surface area (Å²) in [6, 6.07) is 3.37. The van der Waals surface area contributed by atoms with E-state index in [1.807, 2.05) is 0 Å². The molecule has 39 heavy (non-hydrogen) atoms. The minimum absolute atomic E-state index is 0.0167. The normalized spacial score (nSPS) is 14.9. The van der Waals surface area contributed by atoms with Crippen LogP contribution in [0.3, 0.4) is 0 Å². The molecule has 1 fully saturated rings. The van der Waals surface area contributed by atoms with E-state index in [0.717, 1.165) is 6.04 Å². The summed E-state index contributed by atoms with van der Waals surface area (Å²) in [6.07, 6.45) is -2.00. The van der Waals surface area contributed by atoms with E-state index < -0.39 is 54.9 Å². The lowest BCUT2D eigenvalue weighted by atomic mass is 10.1. The van der Waals surface area contributed by atoms with Gasteiger partial charge in [-0.3, -0.25) is 24.5 Å². The van der Waals surface area contributed by atoms with Crippen molar-refractivity contribution in [2.45, 2.75) is 77.6 Å². The van der Waals surface area contributed by atoms with Crippen molar-refractivity contribution in [1.82, 2.24) is 5.06 Å². The molecule has 1 aliphatic heterocycles. The maximum Gasteiger partial charge on any atom is 0.534 e. The van der Waals surface area contributed by atoms with E-state index in [-0.39, 0.29) is 42.2 Å². The minimum atomic E-state index is -2.20. The lowest BCUT2D eigenvalue weighted by molar-refractivity contribution is -0.386. The van der Waals surface area contributed by atoms with Gasteiger partial charge in [0.2, 0.25) is 0 Å². The number of amides is 2. The summed E-state index contributed by atoms with van der Waals surface area (Å²) >= 11 is 0. The molecule has 1 unspecified atom stereocenters. The van der Waals surface area contributed by atoms with Crippen molar-refractivity contribution in [3.8, 4) is 11.5 Å². The van der Waals surface area contributed by atoms with Crippen LogP contribution in [0.2, 0.25) is 45.3 Å². The van der Waals surface area contributed by atoms with Gasteiger partial charge in [-0.05, 0) is 64.7 Å². The van der Waals surface area contributed by atoms with Crippen LogP contribution in [0.4, 0.5) is 10.5 Å². The maximum absolute atomic E-state index is 12.1. The summed E-state index contributed by atoms with van der Waals surface area (Å²) in [6.45, 7) is 14.3. The Balaban J connectivity index is 2.07. The van der Waals surface area contributed by atoms with E-state index in [1.165, 1.54) is 26.2 Å². The summed E-state index contributed by atoms with van der Waals surface area (Å²) in [5.41, 5.74) is -0.344. The Morgan fingerprint density at radius 2 is 1.74 bits per heavy atom. The number of ether oxygens (including phenoxy) is 3. The molecular formula is C23H38N2O11Si3. The van der Waals surface area contributed by atoms with Crippen LogP contribution in [0.5, 0.6) is 11.5 Å². The van der Waals surface area contributed by atoms with Crippen LogP contribution in [0.15, 0.2) is 12.1 Å². The largest absolute Gasteiger partial charge is 0.534 e. The second kappa shape index (κ2) is 13.5. The average Bonchev–Trinajstić information content (AvgIpc) is 3.11. The van der Waals surface area contributed by atoms with Gasteiger partial charge in [0.1, 0.15) is 6.10 Å². The third-order valence-electron chi connectivity index (χ3n) is 5.61. The number of imide groups is 1. The third kappa shape index (κ3) is 9.71. The number of benzene rings is 1. The number of hydroxylamine groups is 2. The lowest BCUT2D eigenvalue weighted by Crippen LogP contribution is -2.48. The maximum atomic E-state index is 12.1. The number of nitro groups is 1. The molecule has 218 valence electrons. The van der Waals surface area contributed by atoms with Gasteiger partial charge in [0.25, 0.3) is 17.5 Å². The number of nitrogens with zero attached hydrogens (tertiary/aromatic N) is 2. The first-order valence-corrected chi connectivity index (χ1v) is 21.4. The summed E-state index contributed by atoms with van der Waals surface area (Å²) in [5, 5.41) is 12.2. The van der Waals surface area contributed by atoms with Crippen LogP contribution >= 0.6 is 0 Å². The first-order chi connectivity index (χ1) is 18.0. The predicted molar refractivity (Wildman–Crippen MR) is 148 cm³/mol. The molecule has 2 amide bonds. The van der Waals surface area contributed by atoms with Crippen LogP contribution in [-0.4, -0.2) is 67.6 Å². The Morgan fingerprint density at radius 1 is 1.13 bits per heavy atom. The second-order valence-corrected chi connectivity index (χ2v) is 21.1. The Hall–Kier alpha value is -2.80. The van der Waals surface area contributed by atoms with Crippen molar-refractivity contribution in [2.75, 3.05) is 13.7 Å². The van der Waals surface area contributed by atoms with E-state index in [0.29, 0.717) is 11.5 Å². The van der Waals surface area contributed by atoms with Gasteiger partial charge in [-0.1, -0.05) is 5.06 Å². The molecule has 0 aliphatic carbocycles. The molecule has 0 spiro atoms. The lowest BCUT2D eigenvalue weighted by Gasteiger charge is -2.34. The highest BCUT2D eigenvalue weighted by Crippen LogP contribution is 2.39. The fraction of sp³-hybridized carbons (Fsp3) is 0.609. The Morgan fingerprint density at radius 3 is 2.28 bits per heavy atom. The molecular weight excluding hydrogens is 565 g/mol. The Labute approximate surface area is 231 Å². The third-order valence-corrected chi connectivity index (χ3v) is 15.5. The highest BCUT2D eigenvalue weighted by atomic mass is 28.5. The number of methoxy groups -OCH3 is 1. The van der Waals surface area contributed by atoms with Gasteiger partial charge >= 0.3 is 14.7 Å². The van der Waals surface area contributed by atoms with Crippen LogP contribution in [0.25, 0.3) is 0 Å². The smallest absolute Gasteiger partial charge is 0.493 e. The SMILES string of the molecule is COc1cc(C(C)OC(=O)ON2C(=O)CCC2=O)c([N+](=O)[O-])cc1OCCC[Si](C)(C)O[Si](C)(C)O[SiH](C)C. The average molecular weight is 603 g/mol. The summed E-state index contributed by atoms with van der Waals surface area (Å²) < 4.78 is 28.9. The zero-order valence-electron chi connectivity index (χ0n) is 23.7. The van der Waals surface area contributed by atoms with Crippen molar-refractivity contribution in [2.24, 2.45) is 0 Å². The fourth-order valence-corrected chi connectivity index (χ4v) is 16.2. The van der Waals surface area contributed by atoms with Gasteiger partial charge < -0.3 is 22.4 Å². The summed E-state index contributed by atoms with van der Waals surface area (Å²) in [5.74, 6) is -0.971. The molecule has 0 bridgehead atoms. The molecule has 0 N–H and O–H groups in total.